The van der Waals surface area contributed by atoms with Gasteiger partial charge in [0.2, 0.25) is 0 Å². The molecule has 0 atom stereocenters. The Kier molecular flexibility index (Phi) is 5.36. The summed E-state index contributed by atoms with van der Waals surface area (Å²) in [7, 11) is 0. The van der Waals surface area contributed by atoms with Crippen LogP contribution in [0.3, 0.4) is 0 Å². The van der Waals surface area contributed by atoms with Crippen molar-refractivity contribution in [2.45, 2.75) is 19.9 Å². The van der Waals surface area contributed by atoms with E-state index in [0.717, 1.165) is 11.0 Å². The Hall–Kier alpha value is -2.03. The minimum Gasteiger partial charge on any atom is -0.480 e. The lowest BCUT2D eigenvalue weighted by molar-refractivity contribution is -0.385. The third-order valence-corrected chi connectivity index (χ3v) is 3.47. The second-order valence-corrected chi connectivity index (χ2v) is 5.26. The number of nitro benzene ring substituents is 1. The quantitative estimate of drug-likeness (QED) is 0.640. The van der Waals surface area contributed by atoms with Gasteiger partial charge in [-0.25, -0.2) is 4.39 Å². The lowest BCUT2D eigenvalue weighted by atomic mass is 10.1. The van der Waals surface area contributed by atoms with Gasteiger partial charge in [-0.2, -0.15) is 0 Å². The van der Waals surface area contributed by atoms with Crippen LogP contribution >= 0.6 is 15.9 Å². The van der Waals surface area contributed by atoms with Gasteiger partial charge in [0.25, 0.3) is 11.6 Å². The van der Waals surface area contributed by atoms with Gasteiger partial charge in [0.15, 0.2) is 0 Å². The highest BCUT2D eigenvalue weighted by Gasteiger charge is 2.27. The van der Waals surface area contributed by atoms with Crippen LogP contribution in [0.5, 0.6) is 0 Å². The number of hydrogen-bond acceptors (Lipinski definition) is 4. The van der Waals surface area contributed by atoms with E-state index in [2.05, 4.69) is 15.9 Å². The number of aliphatic carboxylic acids is 1. The van der Waals surface area contributed by atoms with Crippen LogP contribution in [0.1, 0.15) is 24.2 Å². The van der Waals surface area contributed by atoms with E-state index in [0.29, 0.717) is 6.07 Å². The highest BCUT2D eigenvalue weighted by Crippen LogP contribution is 2.30. The summed E-state index contributed by atoms with van der Waals surface area (Å²) in [6.45, 7) is 2.58. The van der Waals surface area contributed by atoms with Crippen LogP contribution < -0.4 is 0 Å². The van der Waals surface area contributed by atoms with Crippen LogP contribution in [0.2, 0.25) is 0 Å². The molecule has 0 bridgehead atoms. The zero-order valence-corrected chi connectivity index (χ0v) is 12.8. The number of carboxylic acids is 1. The van der Waals surface area contributed by atoms with Crippen LogP contribution in [0.25, 0.3) is 0 Å². The Balaban J connectivity index is 3.34. The Morgan fingerprint density at radius 1 is 1.48 bits per heavy atom. The average molecular weight is 363 g/mol. The van der Waals surface area contributed by atoms with E-state index < -0.39 is 40.9 Å². The molecule has 0 aliphatic rings. The molecule has 0 spiro atoms. The van der Waals surface area contributed by atoms with Gasteiger partial charge in [0, 0.05) is 6.04 Å². The molecule has 0 aliphatic carbocycles. The third-order valence-electron chi connectivity index (χ3n) is 2.64. The smallest absolute Gasteiger partial charge is 0.323 e. The first-order chi connectivity index (χ1) is 9.65. The number of halogens is 2. The summed E-state index contributed by atoms with van der Waals surface area (Å²) in [6.07, 6.45) is 0. The molecule has 0 heterocycles. The normalized spacial score (nSPS) is 10.5. The van der Waals surface area contributed by atoms with Crippen molar-refractivity contribution in [1.82, 2.24) is 4.90 Å². The van der Waals surface area contributed by atoms with Gasteiger partial charge in [-0.05, 0) is 35.8 Å². The van der Waals surface area contributed by atoms with Crippen molar-refractivity contribution in [3.63, 3.8) is 0 Å². The molecule has 0 aromatic heterocycles. The first kappa shape index (κ1) is 17.0. The van der Waals surface area contributed by atoms with E-state index in [1.54, 1.807) is 13.8 Å². The summed E-state index contributed by atoms with van der Waals surface area (Å²) in [6, 6.07) is 1.04. The van der Waals surface area contributed by atoms with Crippen LogP contribution in [0, 0.1) is 15.9 Å². The van der Waals surface area contributed by atoms with E-state index in [9.17, 15) is 24.1 Å². The fraction of sp³-hybridized carbons (Fsp3) is 0.333. The van der Waals surface area contributed by atoms with Crippen LogP contribution in [-0.4, -0.2) is 39.4 Å². The summed E-state index contributed by atoms with van der Waals surface area (Å²) in [5, 5.41) is 19.6. The molecular formula is C12H12BrFN2O5. The molecule has 0 unspecified atom stereocenters. The standard InChI is InChI=1S/C12H12BrFN2O5/c1-6(2)15(5-10(17)18)12(19)8-3-7(14)4-9(11(8)13)16(20)21/h3-4,6H,5H2,1-2H3,(H,17,18). The second kappa shape index (κ2) is 6.61. The number of carbonyl (C=O) groups excluding carboxylic acids is 1. The molecule has 0 aliphatic heterocycles. The summed E-state index contributed by atoms with van der Waals surface area (Å²) < 4.78 is 13.3. The van der Waals surface area contributed by atoms with Crippen molar-refractivity contribution >= 4 is 33.5 Å². The van der Waals surface area contributed by atoms with E-state index in [1.807, 2.05) is 0 Å². The zero-order valence-electron chi connectivity index (χ0n) is 11.2. The van der Waals surface area contributed by atoms with Gasteiger partial charge < -0.3 is 10.0 Å². The van der Waals surface area contributed by atoms with E-state index >= 15 is 0 Å². The second-order valence-electron chi connectivity index (χ2n) is 4.46. The Morgan fingerprint density at radius 3 is 2.48 bits per heavy atom. The molecule has 114 valence electrons. The first-order valence-corrected chi connectivity index (χ1v) is 6.60. The summed E-state index contributed by atoms with van der Waals surface area (Å²) in [5.74, 6) is -2.99. The molecule has 1 aromatic rings. The molecule has 9 heteroatoms. The van der Waals surface area contributed by atoms with E-state index in [4.69, 9.17) is 5.11 Å². The highest BCUT2D eigenvalue weighted by atomic mass is 79.9. The number of amides is 1. The summed E-state index contributed by atoms with van der Waals surface area (Å²) in [5.41, 5.74) is -0.894. The lowest BCUT2D eigenvalue weighted by Crippen LogP contribution is -2.40. The highest BCUT2D eigenvalue weighted by molar-refractivity contribution is 9.10. The zero-order chi connectivity index (χ0) is 16.3. The van der Waals surface area contributed by atoms with Crippen LogP contribution in [0.4, 0.5) is 10.1 Å². The monoisotopic (exact) mass is 362 g/mol. The molecule has 21 heavy (non-hydrogen) atoms. The van der Waals surface area contributed by atoms with Gasteiger partial charge in [-0.3, -0.25) is 19.7 Å². The maximum absolute atomic E-state index is 13.4. The Morgan fingerprint density at radius 2 is 2.05 bits per heavy atom. The number of nitrogens with zero attached hydrogens (tertiary/aromatic N) is 2. The number of rotatable bonds is 5. The SMILES string of the molecule is CC(C)N(CC(=O)O)C(=O)c1cc(F)cc([N+](=O)[O-])c1Br. The van der Waals surface area contributed by atoms with Crippen LogP contribution in [-0.2, 0) is 4.79 Å². The number of carbonyl (C=O) groups is 2. The maximum atomic E-state index is 13.4. The number of nitro groups is 1. The van der Waals surface area contributed by atoms with Gasteiger partial charge >= 0.3 is 5.97 Å². The fourth-order valence-electron chi connectivity index (χ4n) is 1.65. The number of hydrogen-bond donors (Lipinski definition) is 1. The number of benzene rings is 1. The molecule has 1 rings (SSSR count). The van der Waals surface area contributed by atoms with Gasteiger partial charge in [0.1, 0.15) is 16.8 Å². The molecule has 0 fully saturated rings. The van der Waals surface area contributed by atoms with Crippen molar-refractivity contribution in [2.75, 3.05) is 6.54 Å². The average Bonchev–Trinajstić information content (AvgIpc) is 2.36. The molecular weight excluding hydrogens is 351 g/mol. The van der Waals surface area contributed by atoms with Crippen molar-refractivity contribution in [1.29, 1.82) is 0 Å². The molecule has 1 amide bonds. The predicted molar refractivity (Wildman–Crippen MR) is 74.6 cm³/mol. The van der Waals surface area contributed by atoms with E-state index in [-0.39, 0.29) is 10.0 Å². The molecule has 0 saturated heterocycles. The maximum Gasteiger partial charge on any atom is 0.323 e. The van der Waals surface area contributed by atoms with Gasteiger partial charge in [-0.15, -0.1) is 0 Å². The lowest BCUT2D eigenvalue weighted by Gasteiger charge is -2.25. The van der Waals surface area contributed by atoms with Crippen molar-refractivity contribution < 1.29 is 24.0 Å². The fourth-order valence-corrected chi connectivity index (χ4v) is 2.20. The third kappa shape index (κ3) is 3.97. The first-order valence-electron chi connectivity index (χ1n) is 5.81. The molecule has 1 N–H and O–H groups in total. The van der Waals surface area contributed by atoms with Crippen LogP contribution in [0.15, 0.2) is 16.6 Å². The number of carboxylic acid groups (broad SMARTS) is 1. The van der Waals surface area contributed by atoms with Crippen molar-refractivity contribution in [2.24, 2.45) is 0 Å². The van der Waals surface area contributed by atoms with Gasteiger partial charge in [-0.1, -0.05) is 0 Å². The molecule has 7 nitrogen and oxygen atoms in total. The van der Waals surface area contributed by atoms with Crippen molar-refractivity contribution in [3.8, 4) is 0 Å². The summed E-state index contributed by atoms with van der Waals surface area (Å²) >= 11 is 2.90. The molecule has 0 radical (unpaired) electrons. The topological polar surface area (TPSA) is 101 Å². The van der Waals surface area contributed by atoms with Gasteiger partial charge in [0.05, 0.1) is 16.6 Å². The van der Waals surface area contributed by atoms with Crippen molar-refractivity contribution in [3.05, 3.63) is 38.1 Å². The Labute approximate surface area is 127 Å². The Bertz CT molecular complexity index is 606. The largest absolute Gasteiger partial charge is 0.480 e. The minimum atomic E-state index is -1.24. The molecule has 1 aromatic carbocycles. The summed E-state index contributed by atoms with van der Waals surface area (Å²) in [4.78, 5) is 34.1. The van der Waals surface area contributed by atoms with E-state index in [1.165, 1.54) is 0 Å². The molecule has 0 saturated carbocycles. The minimum absolute atomic E-state index is 0.185. The predicted octanol–water partition coefficient (Wildman–Crippen LogP) is 2.43.